The van der Waals surface area contributed by atoms with Crippen LogP contribution in [0.25, 0.3) is 17.0 Å². The Morgan fingerprint density at radius 3 is 2.73 bits per heavy atom. The summed E-state index contributed by atoms with van der Waals surface area (Å²) in [6.07, 6.45) is -4.36. The Labute approximate surface area is 150 Å². The number of alkyl halides is 3. The highest BCUT2D eigenvalue weighted by atomic mass is 32.1. The summed E-state index contributed by atoms with van der Waals surface area (Å²) in [5, 5.41) is 19.6. The van der Waals surface area contributed by atoms with Crippen molar-refractivity contribution < 1.29 is 13.2 Å². The van der Waals surface area contributed by atoms with Crippen LogP contribution in [-0.2, 0) is 12.7 Å². The Bertz CT molecular complexity index is 1040. The van der Waals surface area contributed by atoms with Gasteiger partial charge in [0.2, 0.25) is 0 Å². The highest BCUT2D eigenvalue weighted by Crippen LogP contribution is 2.29. The normalized spacial score (nSPS) is 11.8. The van der Waals surface area contributed by atoms with Crippen LogP contribution in [0.4, 0.5) is 19.0 Å². The molecular weight excluding hydrogens is 363 g/mol. The maximum Gasteiger partial charge on any atom is 0.416 e. The van der Waals surface area contributed by atoms with E-state index in [1.165, 1.54) is 6.07 Å². The van der Waals surface area contributed by atoms with E-state index in [1.54, 1.807) is 34.1 Å². The van der Waals surface area contributed by atoms with Gasteiger partial charge in [0.1, 0.15) is 5.82 Å². The molecule has 0 fully saturated rings. The fraction of sp³-hybridized carbons (Fsp3) is 0.118. The first-order chi connectivity index (χ1) is 12.5. The van der Waals surface area contributed by atoms with Gasteiger partial charge < -0.3 is 5.32 Å². The molecule has 9 heteroatoms. The predicted octanol–water partition coefficient (Wildman–Crippen LogP) is 4.48. The third-order valence-electron chi connectivity index (χ3n) is 3.77. The van der Waals surface area contributed by atoms with E-state index in [-0.39, 0.29) is 6.54 Å². The van der Waals surface area contributed by atoms with E-state index in [2.05, 4.69) is 20.6 Å². The van der Waals surface area contributed by atoms with Gasteiger partial charge >= 0.3 is 6.18 Å². The van der Waals surface area contributed by atoms with Crippen molar-refractivity contribution in [2.24, 2.45) is 0 Å². The number of fused-ring (bicyclic) bond motifs is 1. The Hall–Kier alpha value is -2.94. The summed E-state index contributed by atoms with van der Waals surface area (Å²) in [4.78, 5) is 0. The summed E-state index contributed by atoms with van der Waals surface area (Å²) >= 11 is 1.54. The van der Waals surface area contributed by atoms with Gasteiger partial charge in [-0.25, -0.2) is 0 Å². The minimum atomic E-state index is -4.36. The Morgan fingerprint density at radius 2 is 1.96 bits per heavy atom. The largest absolute Gasteiger partial charge is 0.416 e. The summed E-state index contributed by atoms with van der Waals surface area (Å²) in [6.45, 7) is 0.221. The second kappa shape index (κ2) is 6.41. The van der Waals surface area contributed by atoms with Crippen molar-refractivity contribution in [3.63, 3.8) is 0 Å². The zero-order valence-corrected chi connectivity index (χ0v) is 14.1. The Morgan fingerprint density at radius 1 is 1.08 bits per heavy atom. The quantitative estimate of drug-likeness (QED) is 0.571. The highest BCUT2D eigenvalue weighted by Gasteiger charge is 2.30. The second-order valence-corrected chi connectivity index (χ2v) is 6.36. The van der Waals surface area contributed by atoms with Gasteiger partial charge in [0.15, 0.2) is 11.5 Å². The van der Waals surface area contributed by atoms with Gasteiger partial charge in [-0.1, -0.05) is 12.1 Å². The number of hydrogen-bond acceptors (Lipinski definition) is 5. The van der Waals surface area contributed by atoms with Crippen LogP contribution in [0.3, 0.4) is 0 Å². The number of benzene rings is 1. The lowest BCUT2D eigenvalue weighted by Crippen LogP contribution is -2.08. The van der Waals surface area contributed by atoms with Crippen molar-refractivity contribution in [2.75, 3.05) is 5.32 Å². The lowest BCUT2D eigenvalue weighted by Gasteiger charge is -2.10. The highest BCUT2D eigenvalue weighted by molar-refractivity contribution is 7.08. The molecule has 4 rings (SSSR count). The number of halogens is 3. The Kier molecular flexibility index (Phi) is 4.08. The first-order valence-electron chi connectivity index (χ1n) is 7.66. The average molecular weight is 375 g/mol. The van der Waals surface area contributed by atoms with E-state index in [0.717, 1.165) is 17.7 Å². The summed E-state index contributed by atoms with van der Waals surface area (Å²) in [6, 6.07) is 10.6. The molecule has 0 amide bonds. The summed E-state index contributed by atoms with van der Waals surface area (Å²) < 4.78 is 40.0. The van der Waals surface area contributed by atoms with Crippen molar-refractivity contribution in [1.82, 2.24) is 19.8 Å². The van der Waals surface area contributed by atoms with Crippen LogP contribution < -0.4 is 5.32 Å². The van der Waals surface area contributed by atoms with Crippen LogP contribution in [0, 0.1) is 0 Å². The van der Waals surface area contributed by atoms with Crippen LogP contribution in [0.15, 0.2) is 53.2 Å². The second-order valence-electron chi connectivity index (χ2n) is 5.58. The van der Waals surface area contributed by atoms with Crippen LogP contribution in [0.1, 0.15) is 11.1 Å². The van der Waals surface area contributed by atoms with Gasteiger partial charge in [0.05, 0.1) is 5.56 Å². The zero-order valence-electron chi connectivity index (χ0n) is 13.2. The monoisotopic (exact) mass is 375 g/mol. The lowest BCUT2D eigenvalue weighted by atomic mass is 10.1. The van der Waals surface area contributed by atoms with E-state index >= 15 is 0 Å². The van der Waals surface area contributed by atoms with E-state index in [0.29, 0.717) is 22.9 Å². The molecule has 0 unspecified atom stereocenters. The third-order valence-corrected chi connectivity index (χ3v) is 4.45. The molecule has 0 aliphatic heterocycles. The number of aromatic nitrogens is 4. The van der Waals surface area contributed by atoms with Gasteiger partial charge in [-0.2, -0.15) is 29.0 Å². The number of rotatable bonds is 4. The summed E-state index contributed by atoms with van der Waals surface area (Å²) in [5.74, 6) is 1.13. The fourth-order valence-corrected chi connectivity index (χ4v) is 3.14. The van der Waals surface area contributed by atoms with E-state index < -0.39 is 11.7 Å². The van der Waals surface area contributed by atoms with Crippen LogP contribution in [0.5, 0.6) is 0 Å². The van der Waals surface area contributed by atoms with E-state index in [1.807, 2.05) is 16.8 Å². The summed E-state index contributed by atoms with van der Waals surface area (Å²) in [5.41, 5.74) is 1.35. The predicted molar refractivity (Wildman–Crippen MR) is 92.9 cm³/mol. The minimum absolute atomic E-state index is 0.221. The van der Waals surface area contributed by atoms with Gasteiger partial charge in [-0.3, -0.25) is 0 Å². The molecule has 0 bridgehead atoms. The molecular formula is C17H12F3N5S. The molecule has 0 atom stereocenters. The molecule has 0 aliphatic carbocycles. The van der Waals surface area contributed by atoms with Crippen LogP contribution in [-0.4, -0.2) is 19.8 Å². The van der Waals surface area contributed by atoms with Gasteiger partial charge in [-0.05, 0) is 41.3 Å². The molecule has 1 N–H and O–H groups in total. The number of nitrogens with one attached hydrogen (secondary N) is 1. The number of anilines is 1. The van der Waals surface area contributed by atoms with E-state index in [9.17, 15) is 13.2 Å². The minimum Gasteiger partial charge on any atom is -0.365 e. The Balaban J connectivity index is 1.57. The average Bonchev–Trinajstić information content (AvgIpc) is 3.28. The van der Waals surface area contributed by atoms with Crippen LogP contribution in [0.2, 0.25) is 0 Å². The maximum atomic E-state index is 12.8. The molecule has 0 saturated heterocycles. The van der Waals surface area contributed by atoms with Gasteiger partial charge in [0.25, 0.3) is 0 Å². The topological polar surface area (TPSA) is 55.1 Å². The maximum absolute atomic E-state index is 12.8. The number of thiophene rings is 1. The van der Waals surface area contributed by atoms with Crippen LogP contribution >= 0.6 is 11.3 Å². The molecule has 0 saturated carbocycles. The molecule has 4 aromatic rings. The number of nitrogens with zero attached hydrogens (tertiary/aromatic N) is 4. The zero-order chi connectivity index (χ0) is 18.1. The van der Waals surface area contributed by atoms with Crippen molar-refractivity contribution in [3.8, 4) is 11.4 Å². The first kappa shape index (κ1) is 16.5. The van der Waals surface area contributed by atoms with Gasteiger partial charge in [0, 0.05) is 17.5 Å². The molecule has 0 radical (unpaired) electrons. The first-order valence-corrected chi connectivity index (χ1v) is 8.60. The molecule has 0 spiro atoms. The number of hydrogen-bond donors (Lipinski definition) is 1. The fourth-order valence-electron chi connectivity index (χ4n) is 2.51. The molecule has 26 heavy (non-hydrogen) atoms. The smallest absolute Gasteiger partial charge is 0.365 e. The summed E-state index contributed by atoms with van der Waals surface area (Å²) in [7, 11) is 0. The molecule has 1 aromatic carbocycles. The standard InChI is InChI=1S/C17H12F3N5S/c18-17(19,20)13-3-1-2-11(8-13)9-21-14-4-5-15-22-23-16(25(15)24-14)12-6-7-26-10-12/h1-8,10H,9H2,(H,21,24). The van der Waals surface area contributed by atoms with E-state index in [4.69, 9.17) is 0 Å². The van der Waals surface area contributed by atoms with Crippen molar-refractivity contribution in [3.05, 3.63) is 64.4 Å². The third kappa shape index (κ3) is 3.25. The lowest BCUT2D eigenvalue weighted by molar-refractivity contribution is -0.137. The molecule has 3 aromatic heterocycles. The molecule has 132 valence electrons. The van der Waals surface area contributed by atoms with Crippen molar-refractivity contribution in [2.45, 2.75) is 12.7 Å². The van der Waals surface area contributed by atoms with Gasteiger partial charge in [-0.15, -0.1) is 15.3 Å². The molecule has 3 heterocycles. The van der Waals surface area contributed by atoms with Crippen molar-refractivity contribution >= 4 is 22.8 Å². The SMILES string of the molecule is FC(F)(F)c1cccc(CNc2ccc3nnc(-c4ccsc4)n3n2)c1. The molecule has 5 nitrogen and oxygen atoms in total. The van der Waals surface area contributed by atoms with Crippen molar-refractivity contribution in [1.29, 1.82) is 0 Å². The molecule has 0 aliphatic rings.